The minimum atomic E-state index is -0.0425. The molecule has 1 aliphatic rings. The number of carbonyl (C=O) groups is 1. The molecule has 31 heavy (non-hydrogen) atoms. The molecule has 0 aliphatic carbocycles. The largest absolute Gasteiger partial charge is 0.493 e. The molecule has 1 aliphatic heterocycles. The van der Waals surface area contributed by atoms with Gasteiger partial charge in [0.05, 0.1) is 37.4 Å². The summed E-state index contributed by atoms with van der Waals surface area (Å²) in [6.07, 6.45) is 0.742. The van der Waals surface area contributed by atoms with E-state index in [-0.39, 0.29) is 18.5 Å². The number of thiophene rings is 2. The minimum absolute atomic E-state index is 0.00654. The molecule has 1 amide bonds. The number of carbonyl (C=O) groups excluding carboxylic acids is 1. The zero-order valence-electron chi connectivity index (χ0n) is 17.8. The summed E-state index contributed by atoms with van der Waals surface area (Å²) in [7, 11) is 5.18. The fourth-order valence-corrected chi connectivity index (χ4v) is 5.22. The van der Waals surface area contributed by atoms with Crippen LogP contribution in [0, 0.1) is 0 Å². The van der Waals surface area contributed by atoms with Gasteiger partial charge in [0.1, 0.15) is 0 Å². The molecule has 2 aromatic heterocycles. The number of ether oxygens (including phenoxy) is 2. The highest BCUT2D eigenvalue weighted by Crippen LogP contribution is 2.36. The molecular formula is C23H25N3O3S2. The van der Waals surface area contributed by atoms with Crippen LogP contribution < -0.4 is 9.47 Å². The number of hydrogen-bond acceptors (Lipinski definition) is 7. The number of likely N-dealkylation sites (N-methyl/N-ethyl adjacent to an activating group) is 1. The number of rotatable bonds is 8. The van der Waals surface area contributed by atoms with Crippen molar-refractivity contribution in [3.63, 3.8) is 0 Å². The van der Waals surface area contributed by atoms with Crippen LogP contribution >= 0.6 is 22.7 Å². The molecule has 0 N–H and O–H groups in total. The molecule has 1 atom stereocenters. The Morgan fingerprint density at radius 3 is 2.58 bits per heavy atom. The summed E-state index contributed by atoms with van der Waals surface area (Å²) >= 11 is 3.32. The number of methoxy groups -OCH3 is 2. The molecule has 1 aromatic carbocycles. The first kappa shape index (κ1) is 21.5. The summed E-state index contributed by atoms with van der Waals surface area (Å²) in [5, 5.41) is 10.5. The lowest BCUT2D eigenvalue weighted by atomic mass is 10.1. The average Bonchev–Trinajstić information content (AvgIpc) is 3.54. The first-order chi connectivity index (χ1) is 15.1. The predicted molar refractivity (Wildman–Crippen MR) is 125 cm³/mol. The van der Waals surface area contributed by atoms with Gasteiger partial charge < -0.3 is 9.47 Å². The lowest BCUT2D eigenvalue weighted by molar-refractivity contribution is -0.134. The molecule has 0 saturated heterocycles. The molecule has 1 unspecified atom stereocenters. The van der Waals surface area contributed by atoms with Crippen LogP contribution in [0.3, 0.4) is 0 Å². The Labute approximate surface area is 190 Å². The van der Waals surface area contributed by atoms with Crippen molar-refractivity contribution in [2.75, 3.05) is 27.8 Å². The molecule has 162 valence electrons. The molecule has 0 radical (unpaired) electrons. The standard InChI is InChI=1S/C23H25N3O3S2/c1-25(14-16-8-9-19(28-2)20(12-16)29-3)15-23(27)26-18(22-7-5-11-31-22)13-17(24-26)21-6-4-10-30-21/h4-12,18H,13-15H2,1-3H3. The summed E-state index contributed by atoms with van der Waals surface area (Å²) in [4.78, 5) is 17.5. The van der Waals surface area contributed by atoms with Crippen molar-refractivity contribution in [2.24, 2.45) is 5.10 Å². The first-order valence-corrected chi connectivity index (χ1v) is 11.7. The van der Waals surface area contributed by atoms with Gasteiger partial charge in [0, 0.05) is 17.8 Å². The second-order valence-corrected chi connectivity index (χ2v) is 9.29. The summed E-state index contributed by atoms with van der Waals surface area (Å²) in [6, 6.07) is 14.0. The smallest absolute Gasteiger partial charge is 0.257 e. The molecule has 0 saturated carbocycles. The first-order valence-electron chi connectivity index (χ1n) is 9.95. The Balaban J connectivity index is 1.47. The van der Waals surface area contributed by atoms with Gasteiger partial charge in [-0.3, -0.25) is 9.69 Å². The molecule has 4 rings (SSSR count). The molecule has 0 bridgehead atoms. The number of benzene rings is 1. The van der Waals surface area contributed by atoms with E-state index in [0.29, 0.717) is 18.0 Å². The van der Waals surface area contributed by atoms with Crippen molar-refractivity contribution < 1.29 is 14.3 Å². The highest BCUT2D eigenvalue weighted by molar-refractivity contribution is 7.12. The third kappa shape index (κ3) is 4.81. The van der Waals surface area contributed by atoms with Crippen molar-refractivity contribution >= 4 is 34.3 Å². The van der Waals surface area contributed by atoms with Crippen LogP contribution in [-0.2, 0) is 11.3 Å². The van der Waals surface area contributed by atoms with E-state index in [1.54, 1.807) is 41.9 Å². The topological polar surface area (TPSA) is 54.4 Å². The quantitative estimate of drug-likeness (QED) is 0.497. The summed E-state index contributed by atoms with van der Waals surface area (Å²) in [5.74, 6) is 1.37. The number of nitrogens with zero attached hydrogens (tertiary/aromatic N) is 3. The van der Waals surface area contributed by atoms with E-state index in [1.807, 2.05) is 53.0 Å². The van der Waals surface area contributed by atoms with Crippen molar-refractivity contribution in [1.29, 1.82) is 0 Å². The second kappa shape index (κ2) is 9.64. The Hall–Kier alpha value is -2.68. The maximum Gasteiger partial charge on any atom is 0.257 e. The highest BCUT2D eigenvalue weighted by atomic mass is 32.1. The Bertz CT molecular complexity index is 1050. The second-order valence-electron chi connectivity index (χ2n) is 7.36. The number of hydrogen-bond donors (Lipinski definition) is 0. The van der Waals surface area contributed by atoms with Gasteiger partial charge in [0.25, 0.3) is 5.91 Å². The minimum Gasteiger partial charge on any atom is -0.493 e. The van der Waals surface area contributed by atoms with Crippen LogP contribution in [0.2, 0.25) is 0 Å². The van der Waals surface area contributed by atoms with Gasteiger partial charge in [-0.25, -0.2) is 5.01 Å². The number of hydrazone groups is 1. The average molecular weight is 456 g/mol. The molecular weight excluding hydrogens is 430 g/mol. The van der Waals surface area contributed by atoms with Crippen LogP contribution in [0.25, 0.3) is 0 Å². The van der Waals surface area contributed by atoms with E-state index >= 15 is 0 Å². The van der Waals surface area contributed by atoms with Crippen LogP contribution in [0.5, 0.6) is 11.5 Å². The third-order valence-corrected chi connectivity index (χ3v) is 7.04. The van der Waals surface area contributed by atoms with Crippen molar-refractivity contribution in [3.05, 3.63) is 68.5 Å². The lowest BCUT2D eigenvalue weighted by Gasteiger charge is -2.24. The van der Waals surface area contributed by atoms with Gasteiger partial charge >= 0.3 is 0 Å². The predicted octanol–water partition coefficient (Wildman–Crippen LogP) is 4.64. The van der Waals surface area contributed by atoms with E-state index in [2.05, 4.69) is 12.1 Å². The normalized spacial score (nSPS) is 15.9. The molecule has 8 heteroatoms. The Morgan fingerprint density at radius 2 is 1.90 bits per heavy atom. The van der Waals surface area contributed by atoms with Gasteiger partial charge in [0.15, 0.2) is 11.5 Å². The fourth-order valence-electron chi connectivity index (χ4n) is 3.68. The van der Waals surface area contributed by atoms with Gasteiger partial charge in [-0.1, -0.05) is 18.2 Å². The molecule has 3 aromatic rings. The van der Waals surface area contributed by atoms with E-state index in [1.165, 1.54) is 0 Å². The molecule has 3 heterocycles. The van der Waals surface area contributed by atoms with Gasteiger partial charge in [0.2, 0.25) is 0 Å². The van der Waals surface area contributed by atoms with Crippen molar-refractivity contribution in [1.82, 2.24) is 9.91 Å². The van der Waals surface area contributed by atoms with E-state index in [0.717, 1.165) is 27.5 Å². The SMILES string of the molecule is COc1ccc(CN(C)CC(=O)N2N=C(c3cccs3)CC2c2cccs2)cc1OC. The van der Waals surface area contributed by atoms with Crippen molar-refractivity contribution in [2.45, 2.75) is 19.0 Å². The third-order valence-electron chi connectivity index (χ3n) is 5.15. The van der Waals surface area contributed by atoms with Gasteiger partial charge in [-0.05, 0) is 47.6 Å². The van der Waals surface area contributed by atoms with Crippen LogP contribution in [-0.4, -0.2) is 49.3 Å². The van der Waals surface area contributed by atoms with Crippen LogP contribution in [0.1, 0.15) is 27.8 Å². The van der Waals surface area contributed by atoms with Gasteiger partial charge in [-0.2, -0.15) is 5.10 Å². The number of amides is 1. The zero-order valence-corrected chi connectivity index (χ0v) is 19.4. The monoisotopic (exact) mass is 455 g/mol. The fraction of sp³-hybridized carbons (Fsp3) is 0.304. The summed E-state index contributed by atoms with van der Waals surface area (Å²) < 4.78 is 10.7. The zero-order chi connectivity index (χ0) is 21.8. The van der Waals surface area contributed by atoms with E-state index in [4.69, 9.17) is 14.6 Å². The molecule has 0 fully saturated rings. The van der Waals surface area contributed by atoms with Gasteiger partial charge in [-0.15, -0.1) is 22.7 Å². The Kier molecular flexibility index (Phi) is 6.70. The van der Waals surface area contributed by atoms with E-state index in [9.17, 15) is 4.79 Å². The van der Waals surface area contributed by atoms with Crippen molar-refractivity contribution in [3.8, 4) is 11.5 Å². The summed E-state index contributed by atoms with van der Waals surface area (Å²) in [5.41, 5.74) is 2.02. The van der Waals surface area contributed by atoms with E-state index < -0.39 is 0 Å². The maximum atomic E-state index is 13.2. The van der Waals surface area contributed by atoms with Crippen LogP contribution in [0.15, 0.2) is 58.3 Å². The summed E-state index contributed by atoms with van der Waals surface area (Å²) in [6.45, 7) is 0.891. The van der Waals surface area contributed by atoms with Crippen LogP contribution in [0.4, 0.5) is 0 Å². The highest BCUT2D eigenvalue weighted by Gasteiger charge is 2.34. The molecule has 6 nitrogen and oxygen atoms in total. The molecule has 0 spiro atoms. The Morgan fingerprint density at radius 1 is 1.13 bits per heavy atom. The lowest BCUT2D eigenvalue weighted by Crippen LogP contribution is -2.36. The maximum absolute atomic E-state index is 13.2.